The maximum absolute atomic E-state index is 11.7. The van der Waals surface area contributed by atoms with Crippen molar-refractivity contribution in [2.24, 2.45) is 0 Å². The molecular weight excluding hydrogens is 266 g/mol. The first kappa shape index (κ1) is 17.5. The highest BCUT2D eigenvalue weighted by molar-refractivity contribution is 5.74. The molecule has 1 aromatic carbocycles. The maximum atomic E-state index is 11.7. The molecule has 0 aromatic heterocycles. The summed E-state index contributed by atoms with van der Waals surface area (Å²) in [7, 11) is 2.09. The minimum absolute atomic E-state index is 0.0663. The topological polar surface area (TPSA) is 64.6 Å². The molecule has 0 saturated heterocycles. The summed E-state index contributed by atoms with van der Waals surface area (Å²) in [5, 5.41) is 14.4. The molecule has 118 valence electrons. The van der Waals surface area contributed by atoms with Crippen molar-refractivity contribution in [1.29, 1.82) is 0 Å². The smallest absolute Gasteiger partial charge is 0.315 e. The van der Waals surface area contributed by atoms with Crippen LogP contribution >= 0.6 is 0 Å². The van der Waals surface area contributed by atoms with E-state index in [1.165, 1.54) is 5.56 Å². The quantitative estimate of drug-likeness (QED) is 0.717. The molecule has 0 aliphatic rings. The highest BCUT2D eigenvalue weighted by Crippen LogP contribution is 2.12. The van der Waals surface area contributed by atoms with Crippen molar-refractivity contribution in [2.45, 2.75) is 45.9 Å². The fourth-order valence-corrected chi connectivity index (χ4v) is 1.83. The molecule has 1 atom stereocenters. The van der Waals surface area contributed by atoms with Crippen molar-refractivity contribution in [3.63, 3.8) is 0 Å². The fraction of sp³-hybridized carbons (Fsp3) is 0.562. The van der Waals surface area contributed by atoms with Gasteiger partial charge in [0.25, 0.3) is 0 Å². The Labute approximate surface area is 127 Å². The van der Waals surface area contributed by atoms with E-state index in [1.807, 2.05) is 18.2 Å². The molecule has 1 aromatic rings. The lowest BCUT2D eigenvalue weighted by Gasteiger charge is -2.22. The highest BCUT2D eigenvalue weighted by Gasteiger charge is 2.10. The van der Waals surface area contributed by atoms with Gasteiger partial charge in [-0.25, -0.2) is 4.79 Å². The monoisotopic (exact) mass is 293 g/mol. The number of aliphatic hydroxyl groups excluding tert-OH is 1. The number of nitrogens with zero attached hydrogens (tertiary/aromatic N) is 1. The zero-order chi connectivity index (χ0) is 15.8. The molecule has 0 aliphatic heterocycles. The number of amides is 2. The third-order valence-corrected chi connectivity index (χ3v) is 3.51. The highest BCUT2D eigenvalue weighted by atomic mass is 16.3. The van der Waals surface area contributed by atoms with Crippen LogP contribution in [0.25, 0.3) is 0 Å². The molecule has 5 heteroatoms. The van der Waals surface area contributed by atoms with E-state index in [-0.39, 0.29) is 18.7 Å². The predicted molar refractivity (Wildman–Crippen MR) is 85.0 cm³/mol. The van der Waals surface area contributed by atoms with Crippen LogP contribution in [0, 0.1) is 0 Å². The van der Waals surface area contributed by atoms with E-state index >= 15 is 0 Å². The molecule has 2 amide bonds. The average molecular weight is 293 g/mol. The number of hydrogen-bond acceptors (Lipinski definition) is 3. The molecule has 0 heterocycles. The van der Waals surface area contributed by atoms with Gasteiger partial charge in [0.1, 0.15) is 0 Å². The Balaban J connectivity index is 2.61. The molecule has 0 radical (unpaired) electrons. The minimum Gasteiger partial charge on any atom is -0.394 e. The number of hydrogen-bond donors (Lipinski definition) is 3. The first-order chi connectivity index (χ1) is 9.93. The number of carbonyl (C=O) groups is 1. The standard InChI is InChI=1S/C16H27N3O2/c1-12(2)19(4)10-15-8-6-5-7-14(15)9-17-16(21)18-13(3)11-20/h5-8,12-13,20H,9-11H2,1-4H3,(H2,17,18,21). The van der Waals surface area contributed by atoms with Gasteiger partial charge in [-0.3, -0.25) is 4.90 Å². The average Bonchev–Trinajstić information content (AvgIpc) is 2.46. The van der Waals surface area contributed by atoms with Crippen LogP contribution in [0.3, 0.4) is 0 Å². The van der Waals surface area contributed by atoms with Gasteiger partial charge in [0.15, 0.2) is 0 Å². The Morgan fingerprint density at radius 3 is 2.43 bits per heavy atom. The molecule has 21 heavy (non-hydrogen) atoms. The van der Waals surface area contributed by atoms with Crippen LogP contribution in [0.15, 0.2) is 24.3 Å². The third-order valence-electron chi connectivity index (χ3n) is 3.51. The van der Waals surface area contributed by atoms with Crippen LogP contribution < -0.4 is 10.6 Å². The summed E-state index contributed by atoms with van der Waals surface area (Å²) in [4.78, 5) is 13.9. The lowest BCUT2D eigenvalue weighted by atomic mass is 10.1. The Kier molecular flexibility index (Phi) is 7.19. The van der Waals surface area contributed by atoms with Gasteiger partial charge < -0.3 is 15.7 Å². The van der Waals surface area contributed by atoms with Crippen LogP contribution in [-0.4, -0.2) is 41.8 Å². The summed E-state index contributed by atoms with van der Waals surface area (Å²) in [5.41, 5.74) is 2.32. The number of nitrogens with one attached hydrogen (secondary N) is 2. The Morgan fingerprint density at radius 1 is 1.24 bits per heavy atom. The summed E-state index contributed by atoms with van der Waals surface area (Å²) in [5.74, 6) is 0. The van der Waals surface area contributed by atoms with E-state index in [2.05, 4.69) is 42.5 Å². The van der Waals surface area contributed by atoms with Crippen LogP contribution in [0.2, 0.25) is 0 Å². The lowest BCUT2D eigenvalue weighted by molar-refractivity contribution is 0.220. The van der Waals surface area contributed by atoms with Gasteiger partial charge in [-0.15, -0.1) is 0 Å². The minimum atomic E-state index is -0.261. The summed E-state index contributed by atoms with van der Waals surface area (Å²) in [6.07, 6.45) is 0. The van der Waals surface area contributed by atoms with Gasteiger partial charge in [-0.1, -0.05) is 24.3 Å². The molecule has 5 nitrogen and oxygen atoms in total. The summed E-state index contributed by atoms with van der Waals surface area (Å²) in [6, 6.07) is 8.07. The van der Waals surface area contributed by atoms with Gasteiger partial charge in [0.2, 0.25) is 0 Å². The normalized spacial score (nSPS) is 12.5. The molecule has 0 fully saturated rings. The van der Waals surface area contributed by atoms with E-state index in [1.54, 1.807) is 6.92 Å². The van der Waals surface area contributed by atoms with Crippen LogP contribution in [0.4, 0.5) is 4.79 Å². The first-order valence-corrected chi connectivity index (χ1v) is 7.36. The van der Waals surface area contributed by atoms with Crippen molar-refractivity contribution < 1.29 is 9.90 Å². The third kappa shape index (κ3) is 6.14. The van der Waals surface area contributed by atoms with E-state index in [9.17, 15) is 4.79 Å². The van der Waals surface area contributed by atoms with Gasteiger partial charge >= 0.3 is 6.03 Å². The van der Waals surface area contributed by atoms with E-state index in [0.717, 1.165) is 12.1 Å². The Bertz CT molecular complexity index is 449. The van der Waals surface area contributed by atoms with Gasteiger partial charge in [0.05, 0.1) is 12.6 Å². The number of urea groups is 1. The van der Waals surface area contributed by atoms with Gasteiger partial charge in [-0.2, -0.15) is 0 Å². The SMILES string of the molecule is CC(CO)NC(=O)NCc1ccccc1CN(C)C(C)C. The van der Waals surface area contributed by atoms with Crippen LogP contribution in [0.5, 0.6) is 0 Å². The zero-order valence-electron chi connectivity index (χ0n) is 13.4. The summed E-state index contributed by atoms with van der Waals surface area (Å²) < 4.78 is 0. The number of benzene rings is 1. The number of carbonyl (C=O) groups excluding carboxylic acids is 1. The van der Waals surface area contributed by atoms with E-state index in [4.69, 9.17) is 5.11 Å². The van der Waals surface area contributed by atoms with Crippen molar-refractivity contribution >= 4 is 6.03 Å². The fourth-order valence-electron chi connectivity index (χ4n) is 1.83. The predicted octanol–water partition coefficient (Wildman–Crippen LogP) is 1.71. The van der Waals surface area contributed by atoms with Crippen molar-refractivity contribution in [1.82, 2.24) is 15.5 Å². The zero-order valence-corrected chi connectivity index (χ0v) is 13.4. The molecule has 1 unspecified atom stereocenters. The van der Waals surface area contributed by atoms with Crippen molar-refractivity contribution in [2.75, 3.05) is 13.7 Å². The molecule has 0 spiro atoms. The molecule has 0 bridgehead atoms. The van der Waals surface area contributed by atoms with E-state index in [0.29, 0.717) is 12.6 Å². The molecule has 3 N–H and O–H groups in total. The molecular formula is C16H27N3O2. The number of rotatable bonds is 7. The summed E-state index contributed by atoms with van der Waals surface area (Å²) in [6.45, 7) is 7.33. The first-order valence-electron chi connectivity index (χ1n) is 7.36. The second kappa shape index (κ2) is 8.64. The van der Waals surface area contributed by atoms with Crippen LogP contribution in [0.1, 0.15) is 31.9 Å². The molecule has 1 rings (SSSR count). The number of aliphatic hydroxyl groups is 1. The summed E-state index contributed by atoms with van der Waals surface area (Å²) >= 11 is 0. The molecule has 0 saturated carbocycles. The van der Waals surface area contributed by atoms with Crippen LogP contribution in [-0.2, 0) is 13.1 Å². The van der Waals surface area contributed by atoms with Gasteiger partial charge in [0, 0.05) is 19.1 Å². The van der Waals surface area contributed by atoms with Gasteiger partial charge in [-0.05, 0) is 38.9 Å². The van der Waals surface area contributed by atoms with Crippen molar-refractivity contribution in [3.8, 4) is 0 Å². The second-order valence-corrected chi connectivity index (χ2v) is 5.69. The van der Waals surface area contributed by atoms with E-state index < -0.39 is 0 Å². The lowest BCUT2D eigenvalue weighted by Crippen LogP contribution is -2.42. The maximum Gasteiger partial charge on any atom is 0.315 e. The van der Waals surface area contributed by atoms with Crippen molar-refractivity contribution in [3.05, 3.63) is 35.4 Å². The second-order valence-electron chi connectivity index (χ2n) is 5.69. The Morgan fingerprint density at radius 2 is 1.86 bits per heavy atom. The largest absolute Gasteiger partial charge is 0.394 e. The molecule has 0 aliphatic carbocycles. The Hall–Kier alpha value is -1.59.